The second kappa shape index (κ2) is 16.3. The van der Waals surface area contributed by atoms with Gasteiger partial charge in [-0.05, 0) is 47.1 Å². The van der Waals surface area contributed by atoms with Crippen LogP contribution in [0.15, 0.2) is 35.0 Å². The van der Waals surface area contributed by atoms with Gasteiger partial charge in [-0.15, -0.1) is 22.7 Å². The summed E-state index contributed by atoms with van der Waals surface area (Å²) in [4.78, 5) is 23.0. The van der Waals surface area contributed by atoms with E-state index in [9.17, 15) is 14.7 Å². The van der Waals surface area contributed by atoms with Crippen molar-refractivity contribution in [3.05, 3.63) is 46.4 Å². The number of carboxylic acids is 1. The summed E-state index contributed by atoms with van der Waals surface area (Å²) in [6.07, 6.45) is 0. The molecule has 14 heteroatoms. The van der Waals surface area contributed by atoms with Crippen molar-refractivity contribution in [2.24, 2.45) is 0 Å². The molecule has 222 valence electrons. The number of thiophene rings is 2. The van der Waals surface area contributed by atoms with Crippen molar-refractivity contribution >= 4 is 71.2 Å². The van der Waals surface area contributed by atoms with Crippen molar-refractivity contribution in [2.45, 2.75) is 64.8 Å². The fraction of sp³-hybridized carbons (Fsp3) is 0.481. The molecule has 0 saturated carbocycles. The van der Waals surface area contributed by atoms with Crippen LogP contribution >= 0.6 is 22.7 Å². The molecule has 41 heavy (non-hydrogen) atoms. The van der Waals surface area contributed by atoms with E-state index in [0.717, 1.165) is 39.1 Å². The number of nitrogens with zero attached hydrogens (tertiary/aromatic N) is 2. The summed E-state index contributed by atoms with van der Waals surface area (Å²) in [5.41, 5.74) is 2.83. The normalized spacial score (nSPS) is 11.5. The molecule has 4 rings (SSSR count). The fourth-order valence-electron chi connectivity index (χ4n) is 3.75. The number of hydrogen-bond donors (Lipinski definition) is 1. The summed E-state index contributed by atoms with van der Waals surface area (Å²) in [5, 5.41) is 13.2. The van der Waals surface area contributed by atoms with Gasteiger partial charge in [0, 0.05) is 29.4 Å². The third kappa shape index (κ3) is 10.8. The predicted molar refractivity (Wildman–Crippen MR) is 168 cm³/mol. The summed E-state index contributed by atoms with van der Waals surface area (Å²) in [6.45, 7) is 16.0. The van der Waals surface area contributed by atoms with Crippen LogP contribution in [0.1, 0.15) is 21.0 Å². The Hall–Kier alpha value is -1.67. The smallest absolute Gasteiger partial charge is 0.870 e. The predicted octanol–water partition coefficient (Wildman–Crippen LogP) is 4.34. The topological polar surface area (TPSA) is 122 Å². The maximum atomic E-state index is 11.8. The molecule has 0 aliphatic carbocycles. The Morgan fingerprint density at radius 1 is 0.805 bits per heavy atom. The van der Waals surface area contributed by atoms with E-state index in [4.69, 9.17) is 14.2 Å². The second-order valence-electron chi connectivity index (χ2n) is 11.7. The van der Waals surface area contributed by atoms with Crippen LogP contribution in [0.4, 0.5) is 0 Å². The van der Waals surface area contributed by atoms with Crippen molar-refractivity contribution in [1.82, 2.24) is 9.13 Å². The maximum Gasteiger partial charge on any atom is 1.00 e. The molecule has 0 fully saturated rings. The first-order chi connectivity index (χ1) is 18.3. The number of carboxylic acid groups (broad SMARTS) is 1. The van der Waals surface area contributed by atoms with E-state index in [2.05, 4.69) is 39.3 Å². The molecule has 0 spiro atoms. The number of ether oxygens (including phenoxy) is 3. The number of aromatic carboxylic acids is 1. The van der Waals surface area contributed by atoms with Crippen LogP contribution < -0.4 is 18.9 Å². The van der Waals surface area contributed by atoms with E-state index in [1.807, 2.05) is 33.5 Å². The molecule has 0 aliphatic heterocycles. The molecule has 0 radical (unpaired) electrons. The van der Waals surface area contributed by atoms with Gasteiger partial charge in [0.2, 0.25) is 0 Å². The van der Waals surface area contributed by atoms with Crippen LogP contribution in [-0.4, -0.2) is 68.1 Å². The van der Waals surface area contributed by atoms with Crippen molar-refractivity contribution in [3.8, 4) is 0 Å². The number of hydrogen-bond acceptors (Lipinski definition) is 8. The average Bonchev–Trinajstić information content (AvgIpc) is 3.60. The van der Waals surface area contributed by atoms with Crippen LogP contribution in [0.5, 0.6) is 0 Å². The van der Waals surface area contributed by atoms with Crippen LogP contribution in [-0.2, 0) is 27.7 Å². The second-order valence-corrected chi connectivity index (χ2v) is 24.9. The Bertz CT molecular complexity index is 1400. The Kier molecular flexibility index (Phi) is 14.8. The molecular formula is C27H41LiN2O7S2Si2. The van der Waals surface area contributed by atoms with Crippen molar-refractivity contribution in [3.63, 3.8) is 0 Å². The van der Waals surface area contributed by atoms with Crippen LogP contribution in [0.3, 0.4) is 0 Å². The minimum Gasteiger partial charge on any atom is -0.870 e. The monoisotopic (exact) mass is 632 g/mol. The Balaban J connectivity index is 0.000000391. The first-order valence-corrected chi connectivity index (χ1v) is 22.1. The summed E-state index contributed by atoms with van der Waals surface area (Å²) in [5.74, 6) is -1.22. The molecule has 0 bridgehead atoms. The Morgan fingerprint density at radius 3 is 1.61 bits per heavy atom. The maximum absolute atomic E-state index is 11.8. The number of methoxy groups -OCH3 is 1. The molecule has 0 unspecified atom stereocenters. The van der Waals surface area contributed by atoms with E-state index < -0.39 is 22.1 Å². The molecule has 0 atom stereocenters. The van der Waals surface area contributed by atoms with E-state index in [1.165, 1.54) is 7.11 Å². The van der Waals surface area contributed by atoms with Gasteiger partial charge in [-0.1, -0.05) is 39.3 Å². The quantitative estimate of drug-likeness (QED) is 0.140. The molecule has 2 N–H and O–H groups in total. The van der Waals surface area contributed by atoms with Gasteiger partial charge in [-0.3, -0.25) is 0 Å². The van der Waals surface area contributed by atoms with Gasteiger partial charge >= 0.3 is 30.8 Å². The van der Waals surface area contributed by atoms with Crippen molar-refractivity contribution < 1.29 is 53.2 Å². The third-order valence-electron chi connectivity index (χ3n) is 6.09. The van der Waals surface area contributed by atoms with Crippen molar-refractivity contribution in [1.29, 1.82) is 0 Å². The van der Waals surface area contributed by atoms with Gasteiger partial charge in [-0.25, -0.2) is 9.59 Å². The molecule has 4 heterocycles. The SMILES string of the molecule is COC(=O)c1cc2sccc2n1COCC[Si](C)(C)C.C[Si](C)(C)CCOCn1c(C(=O)O)cc2sccc21.[Li+].[OH-]. The third-order valence-corrected chi connectivity index (χ3v) is 11.2. The van der Waals surface area contributed by atoms with Crippen LogP contribution in [0.25, 0.3) is 20.4 Å². The number of carbonyl (C=O) groups excluding carboxylic acids is 1. The molecule has 9 nitrogen and oxygen atoms in total. The van der Waals surface area contributed by atoms with Crippen LogP contribution in [0, 0.1) is 0 Å². The van der Waals surface area contributed by atoms with E-state index in [-0.39, 0.29) is 30.3 Å². The van der Waals surface area contributed by atoms with Gasteiger partial charge in [0.15, 0.2) is 0 Å². The zero-order valence-corrected chi connectivity index (χ0v) is 29.0. The van der Waals surface area contributed by atoms with E-state index >= 15 is 0 Å². The number of fused-ring (bicyclic) bond motifs is 2. The molecule has 0 aromatic carbocycles. The standard InChI is InChI=1S/C14H21NO3SSi.C13H19NO3SSi.Li.H2O/c1-17-14(16)12-9-13-11(5-7-19-13)15(12)10-18-6-8-20(2,3)4;1-19(2,3)7-5-17-9-14-10-4-6-18-12(10)8-11(14)13(15)16;;/h5,7,9H,6,8,10H2,1-4H3;4,6,8H,5,7,9H2,1-3H3,(H,15,16);;1H2/q;;+1;/p-1. The molecule has 0 amide bonds. The molecule has 0 aliphatic rings. The van der Waals surface area contributed by atoms with Gasteiger partial charge < -0.3 is 33.9 Å². The Labute approximate surface area is 263 Å². The van der Waals surface area contributed by atoms with E-state index in [0.29, 0.717) is 31.5 Å². The number of carbonyl (C=O) groups is 2. The minimum absolute atomic E-state index is 0. The van der Waals surface area contributed by atoms with Gasteiger partial charge in [0.25, 0.3) is 0 Å². The fourth-order valence-corrected chi connectivity index (χ4v) is 6.91. The first kappa shape index (κ1) is 37.4. The largest absolute Gasteiger partial charge is 1.00 e. The van der Waals surface area contributed by atoms with Crippen LogP contribution in [0.2, 0.25) is 51.4 Å². The van der Waals surface area contributed by atoms with Crippen molar-refractivity contribution in [2.75, 3.05) is 20.3 Å². The summed E-state index contributed by atoms with van der Waals surface area (Å²) < 4.78 is 22.0. The zero-order valence-electron chi connectivity index (χ0n) is 25.4. The molecule has 4 aromatic rings. The number of esters is 1. The van der Waals surface area contributed by atoms with Gasteiger partial charge in [0.1, 0.15) is 24.8 Å². The van der Waals surface area contributed by atoms with Gasteiger partial charge in [0.05, 0.1) is 27.5 Å². The average molecular weight is 633 g/mol. The zero-order chi connectivity index (χ0) is 28.8. The summed E-state index contributed by atoms with van der Waals surface area (Å²) in [6, 6.07) is 9.73. The molecule has 4 aromatic heterocycles. The number of rotatable bonds is 12. The van der Waals surface area contributed by atoms with Gasteiger partial charge in [-0.2, -0.15) is 0 Å². The molecule has 0 saturated heterocycles. The number of aromatic nitrogens is 2. The van der Waals surface area contributed by atoms with E-state index in [1.54, 1.807) is 33.3 Å². The Morgan fingerprint density at radius 2 is 1.22 bits per heavy atom. The summed E-state index contributed by atoms with van der Waals surface area (Å²) in [7, 11) is -0.787. The summed E-state index contributed by atoms with van der Waals surface area (Å²) >= 11 is 3.17. The molecular weight excluding hydrogens is 592 g/mol. The minimum atomic E-state index is -1.10. The first-order valence-electron chi connectivity index (χ1n) is 12.9.